The van der Waals surface area contributed by atoms with Crippen molar-refractivity contribution in [2.75, 3.05) is 25.3 Å². The molecule has 0 fully saturated rings. The molecule has 2 heterocycles. The molecule has 0 aliphatic rings. The highest BCUT2D eigenvalue weighted by molar-refractivity contribution is 7.99. The van der Waals surface area contributed by atoms with Gasteiger partial charge in [-0.1, -0.05) is 59.6 Å². The predicted molar refractivity (Wildman–Crippen MR) is 157 cm³/mol. The van der Waals surface area contributed by atoms with Gasteiger partial charge in [0.2, 0.25) is 5.91 Å². The molecule has 2 aromatic heterocycles. The number of amides is 1. The van der Waals surface area contributed by atoms with E-state index in [1.165, 1.54) is 35.2 Å². The Labute approximate surface area is 243 Å². The largest absolute Gasteiger partial charge is 0.493 e. The van der Waals surface area contributed by atoms with Crippen LogP contribution in [-0.4, -0.2) is 35.4 Å². The molecule has 200 valence electrons. The predicted octanol–water partition coefficient (Wildman–Crippen LogP) is 6.97. The molecule has 0 spiro atoms. The number of nitrogens with one attached hydrogen (secondary N) is 1. The lowest BCUT2D eigenvalue weighted by Crippen LogP contribution is -2.24. The molecule has 38 heavy (non-hydrogen) atoms. The van der Waals surface area contributed by atoms with E-state index in [0.29, 0.717) is 50.5 Å². The molecule has 0 bridgehead atoms. The van der Waals surface area contributed by atoms with Gasteiger partial charge in [-0.05, 0) is 48.7 Å². The minimum absolute atomic E-state index is 0.0108. The lowest BCUT2D eigenvalue weighted by molar-refractivity contribution is -0.113. The number of ether oxygens (including phenoxy) is 2. The molecule has 7 nitrogen and oxygen atoms in total. The van der Waals surface area contributed by atoms with Crippen LogP contribution in [0.2, 0.25) is 15.1 Å². The van der Waals surface area contributed by atoms with Gasteiger partial charge in [-0.15, -0.1) is 11.3 Å². The van der Waals surface area contributed by atoms with Crippen LogP contribution in [0.3, 0.4) is 0 Å². The van der Waals surface area contributed by atoms with Crippen molar-refractivity contribution in [3.05, 3.63) is 72.3 Å². The van der Waals surface area contributed by atoms with Gasteiger partial charge in [0.15, 0.2) is 16.7 Å². The topological polar surface area (TPSA) is 82.5 Å². The minimum Gasteiger partial charge on any atom is -0.493 e. The Morgan fingerprint density at radius 2 is 1.79 bits per heavy atom. The van der Waals surface area contributed by atoms with Crippen LogP contribution < -0.4 is 20.3 Å². The Hall–Kier alpha value is -2.43. The maximum Gasteiger partial charge on any atom is 0.262 e. The first-order valence-corrected chi connectivity index (χ1v) is 14.5. The average Bonchev–Trinajstić information content (AvgIpc) is 3.33. The van der Waals surface area contributed by atoms with Gasteiger partial charge in [-0.25, -0.2) is 4.98 Å². The summed E-state index contributed by atoms with van der Waals surface area (Å²) in [4.78, 5) is 32.7. The molecule has 0 aliphatic heterocycles. The number of halogens is 3. The Kier molecular flexibility index (Phi) is 9.49. The maximum absolute atomic E-state index is 13.5. The molecule has 0 saturated heterocycles. The fourth-order valence-corrected chi connectivity index (χ4v) is 6.17. The van der Waals surface area contributed by atoms with Gasteiger partial charge < -0.3 is 14.8 Å². The number of thiophene rings is 1. The third kappa shape index (κ3) is 6.40. The number of aromatic nitrogens is 2. The average molecular weight is 613 g/mol. The van der Waals surface area contributed by atoms with E-state index in [4.69, 9.17) is 49.3 Å². The van der Waals surface area contributed by atoms with E-state index in [1.54, 1.807) is 18.8 Å². The molecule has 0 aliphatic carbocycles. The summed E-state index contributed by atoms with van der Waals surface area (Å²) >= 11 is 20.9. The summed E-state index contributed by atoms with van der Waals surface area (Å²) in [5.41, 5.74) is 1.19. The van der Waals surface area contributed by atoms with Gasteiger partial charge in [-0.3, -0.25) is 14.2 Å². The van der Waals surface area contributed by atoms with E-state index in [2.05, 4.69) is 5.32 Å². The molecule has 4 aromatic rings. The number of methoxy groups -OCH3 is 2. The van der Waals surface area contributed by atoms with E-state index >= 15 is 0 Å². The number of hydrogen-bond acceptors (Lipinski definition) is 7. The number of carbonyl (C=O) groups is 1. The summed E-state index contributed by atoms with van der Waals surface area (Å²) in [6, 6.07) is 10.5. The molecule has 2 aromatic carbocycles. The van der Waals surface area contributed by atoms with Crippen LogP contribution in [0.15, 0.2) is 46.3 Å². The third-order valence-electron chi connectivity index (χ3n) is 5.70. The quantitative estimate of drug-likeness (QED) is 0.118. The van der Waals surface area contributed by atoms with Gasteiger partial charge >= 0.3 is 0 Å². The second-order valence-electron chi connectivity index (χ2n) is 8.16. The van der Waals surface area contributed by atoms with Crippen molar-refractivity contribution in [2.45, 2.75) is 31.5 Å². The first-order chi connectivity index (χ1) is 18.2. The van der Waals surface area contributed by atoms with Gasteiger partial charge in [0, 0.05) is 11.4 Å². The Bertz CT molecular complexity index is 1560. The van der Waals surface area contributed by atoms with E-state index in [9.17, 15) is 9.59 Å². The van der Waals surface area contributed by atoms with Crippen molar-refractivity contribution in [3.63, 3.8) is 0 Å². The van der Waals surface area contributed by atoms with Gasteiger partial charge in [0.1, 0.15) is 4.83 Å². The summed E-state index contributed by atoms with van der Waals surface area (Å²) in [7, 11) is 3.16. The van der Waals surface area contributed by atoms with Crippen molar-refractivity contribution >= 4 is 79.7 Å². The number of nitrogens with zero attached hydrogens (tertiary/aromatic N) is 2. The van der Waals surface area contributed by atoms with Gasteiger partial charge in [0.25, 0.3) is 5.56 Å². The second-order valence-corrected chi connectivity index (χ2v) is 11.4. The standard InChI is InChI=1S/C26H24Cl3N3O4S2/c1-4-15-10-16-24(38-15)31-26(37-13-23(33)30-20-12-18(28)17(27)11-19(20)29)32(25(16)34)8-7-14-5-6-21(35-2)22(9-14)36-3/h5-6,9-12H,4,7-8,13H2,1-3H3,(H,30,33). The first-order valence-electron chi connectivity index (χ1n) is 11.5. The highest BCUT2D eigenvalue weighted by Crippen LogP contribution is 2.33. The van der Waals surface area contributed by atoms with Gasteiger partial charge in [-0.2, -0.15) is 0 Å². The molecule has 1 N–H and O–H groups in total. The number of fused-ring (bicyclic) bond motifs is 1. The molecular formula is C26H24Cl3N3O4S2. The van der Waals surface area contributed by atoms with Crippen molar-refractivity contribution in [2.24, 2.45) is 0 Å². The molecule has 4 rings (SSSR count). The normalized spacial score (nSPS) is 11.1. The number of hydrogen-bond donors (Lipinski definition) is 1. The van der Waals surface area contributed by atoms with Crippen LogP contribution in [0.1, 0.15) is 17.4 Å². The minimum atomic E-state index is -0.323. The summed E-state index contributed by atoms with van der Waals surface area (Å²) < 4.78 is 12.3. The van der Waals surface area contributed by atoms with E-state index in [0.717, 1.165) is 16.9 Å². The van der Waals surface area contributed by atoms with Crippen LogP contribution in [0.25, 0.3) is 10.2 Å². The van der Waals surface area contributed by atoms with Crippen LogP contribution in [0.4, 0.5) is 5.69 Å². The maximum atomic E-state index is 13.5. The Morgan fingerprint density at radius 1 is 1.05 bits per heavy atom. The summed E-state index contributed by atoms with van der Waals surface area (Å²) in [6.45, 7) is 2.41. The number of anilines is 1. The summed E-state index contributed by atoms with van der Waals surface area (Å²) in [5, 5.41) is 4.63. The van der Waals surface area contributed by atoms with Crippen molar-refractivity contribution < 1.29 is 14.3 Å². The lowest BCUT2D eigenvalue weighted by Gasteiger charge is -2.14. The molecule has 12 heteroatoms. The Balaban J connectivity index is 1.59. The molecule has 1 amide bonds. The van der Waals surface area contributed by atoms with Crippen LogP contribution in [-0.2, 0) is 24.2 Å². The third-order valence-corrected chi connectivity index (χ3v) is 8.89. The monoisotopic (exact) mass is 611 g/mol. The molecule has 0 radical (unpaired) electrons. The molecule has 0 atom stereocenters. The van der Waals surface area contributed by atoms with Crippen molar-refractivity contribution in [3.8, 4) is 11.5 Å². The van der Waals surface area contributed by atoms with E-state index in [1.807, 2.05) is 31.2 Å². The highest BCUT2D eigenvalue weighted by atomic mass is 35.5. The smallest absolute Gasteiger partial charge is 0.262 e. The number of rotatable bonds is 10. The van der Waals surface area contributed by atoms with Crippen molar-refractivity contribution in [1.29, 1.82) is 0 Å². The molecular weight excluding hydrogens is 589 g/mol. The zero-order valence-corrected chi connectivity index (χ0v) is 24.7. The van der Waals surface area contributed by atoms with Crippen molar-refractivity contribution in [1.82, 2.24) is 9.55 Å². The van der Waals surface area contributed by atoms with Crippen LogP contribution >= 0.6 is 57.9 Å². The number of aryl methyl sites for hydroxylation is 2. The van der Waals surface area contributed by atoms with E-state index in [-0.39, 0.29) is 27.3 Å². The highest BCUT2D eigenvalue weighted by Gasteiger charge is 2.17. The number of carbonyl (C=O) groups excluding carboxylic acids is 1. The fourth-order valence-electron chi connectivity index (χ4n) is 3.74. The summed E-state index contributed by atoms with van der Waals surface area (Å²) in [5.74, 6) is 0.933. The number of benzene rings is 2. The fraction of sp³-hybridized carbons (Fsp3) is 0.269. The zero-order chi connectivity index (χ0) is 27.4. The van der Waals surface area contributed by atoms with Crippen LogP contribution in [0.5, 0.6) is 11.5 Å². The zero-order valence-electron chi connectivity index (χ0n) is 20.8. The van der Waals surface area contributed by atoms with Crippen LogP contribution in [0, 0.1) is 0 Å². The summed E-state index contributed by atoms with van der Waals surface area (Å²) in [6.07, 6.45) is 1.36. The second kappa shape index (κ2) is 12.6. The first kappa shape index (κ1) is 28.6. The lowest BCUT2D eigenvalue weighted by atomic mass is 10.1. The molecule has 0 saturated carbocycles. The van der Waals surface area contributed by atoms with E-state index < -0.39 is 0 Å². The SMILES string of the molecule is CCc1cc2c(=O)n(CCc3ccc(OC)c(OC)c3)c(SCC(=O)Nc3cc(Cl)c(Cl)cc3Cl)nc2s1. The Morgan fingerprint density at radius 3 is 2.50 bits per heavy atom. The van der Waals surface area contributed by atoms with Gasteiger partial charge in [0.05, 0.1) is 46.1 Å². The number of thioether (sulfide) groups is 1. The molecule has 0 unspecified atom stereocenters.